The van der Waals surface area contributed by atoms with Crippen molar-refractivity contribution in [3.63, 3.8) is 0 Å². The van der Waals surface area contributed by atoms with E-state index in [2.05, 4.69) is 15.1 Å². The van der Waals surface area contributed by atoms with Gasteiger partial charge in [0.25, 0.3) is 0 Å². The predicted molar refractivity (Wildman–Crippen MR) is 89.3 cm³/mol. The molecule has 0 aliphatic heterocycles. The molecule has 0 aliphatic rings. The smallest absolute Gasteiger partial charge is 0.318 e. The molecule has 0 aliphatic carbocycles. The van der Waals surface area contributed by atoms with E-state index in [9.17, 15) is 4.79 Å². The van der Waals surface area contributed by atoms with E-state index in [0.717, 1.165) is 10.8 Å². The lowest BCUT2D eigenvalue weighted by atomic mass is 10.1. The Morgan fingerprint density at radius 2 is 1.96 bits per heavy atom. The molecule has 1 atom stereocenters. The Morgan fingerprint density at radius 3 is 2.71 bits per heavy atom. The summed E-state index contributed by atoms with van der Waals surface area (Å²) in [6, 6.07) is 9.75. The molecular weight excluding hydrogens is 306 g/mol. The van der Waals surface area contributed by atoms with Gasteiger partial charge in [0.1, 0.15) is 17.2 Å². The van der Waals surface area contributed by atoms with Crippen LogP contribution in [0.25, 0.3) is 22.3 Å². The Bertz CT molecular complexity index is 875. The summed E-state index contributed by atoms with van der Waals surface area (Å²) < 4.78 is 10.6. The first kappa shape index (κ1) is 16.1. The molecule has 0 radical (unpaired) electrons. The van der Waals surface area contributed by atoms with Gasteiger partial charge in [0, 0.05) is 11.6 Å². The zero-order chi connectivity index (χ0) is 17.3. The molecule has 2 heterocycles. The minimum absolute atomic E-state index is 0.217. The van der Waals surface area contributed by atoms with Crippen LogP contribution in [-0.4, -0.2) is 26.7 Å². The van der Waals surface area contributed by atoms with Gasteiger partial charge in [-0.2, -0.15) is 4.98 Å². The molecule has 0 fully saturated rings. The van der Waals surface area contributed by atoms with Crippen LogP contribution in [0.2, 0.25) is 0 Å². The van der Waals surface area contributed by atoms with Crippen LogP contribution in [-0.2, 0) is 9.53 Å². The van der Waals surface area contributed by atoms with Crippen molar-refractivity contribution in [1.29, 1.82) is 0 Å². The van der Waals surface area contributed by atoms with Crippen LogP contribution < -0.4 is 0 Å². The highest BCUT2D eigenvalue weighted by Gasteiger charge is 2.28. The number of rotatable bonds is 3. The van der Waals surface area contributed by atoms with Gasteiger partial charge in [-0.25, -0.2) is 0 Å². The minimum Gasteiger partial charge on any atom is -0.459 e. The number of fused-ring (bicyclic) bond motifs is 1. The van der Waals surface area contributed by atoms with Crippen LogP contribution in [0.15, 0.2) is 41.1 Å². The highest BCUT2D eigenvalue weighted by molar-refractivity contribution is 5.92. The Balaban J connectivity index is 1.91. The molecule has 24 heavy (non-hydrogen) atoms. The van der Waals surface area contributed by atoms with Crippen molar-refractivity contribution in [3.8, 4) is 11.5 Å². The fourth-order valence-electron chi connectivity index (χ4n) is 2.30. The quantitative estimate of drug-likeness (QED) is 0.683. The number of hydrogen-bond acceptors (Lipinski definition) is 6. The molecule has 1 unspecified atom stereocenters. The molecule has 3 rings (SSSR count). The second kappa shape index (κ2) is 6.03. The molecule has 0 spiro atoms. The third kappa shape index (κ3) is 3.27. The van der Waals surface area contributed by atoms with Gasteiger partial charge in [-0.05, 0) is 39.1 Å². The first-order valence-electron chi connectivity index (χ1n) is 7.76. The molecule has 0 N–H and O–H groups in total. The number of benzene rings is 1. The van der Waals surface area contributed by atoms with Crippen molar-refractivity contribution in [2.75, 3.05) is 0 Å². The van der Waals surface area contributed by atoms with Gasteiger partial charge >= 0.3 is 5.97 Å². The number of aromatic nitrogens is 3. The van der Waals surface area contributed by atoms with Crippen LogP contribution in [0.5, 0.6) is 0 Å². The molecule has 6 heteroatoms. The van der Waals surface area contributed by atoms with Gasteiger partial charge in [-0.3, -0.25) is 9.78 Å². The Hall–Kier alpha value is -2.76. The Kier molecular flexibility index (Phi) is 4.05. The summed E-state index contributed by atoms with van der Waals surface area (Å²) in [6.07, 6.45) is 1.70. The van der Waals surface area contributed by atoms with Gasteiger partial charge in [0.05, 0.1) is 0 Å². The van der Waals surface area contributed by atoms with Crippen molar-refractivity contribution in [3.05, 3.63) is 42.4 Å². The van der Waals surface area contributed by atoms with Crippen molar-refractivity contribution < 1.29 is 14.1 Å². The summed E-state index contributed by atoms with van der Waals surface area (Å²) in [5.74, 6) is -0.463. The van der Waals surface area contributed by atoms with Crippen molar-refractivity contribution in [2.24, 2.45) is 0 Å². The van der Waals surface area contributed by atoms with Gasteiger partial charge in [0.15, 0.2) is 0 Å². The molecular formula is C18H19N3O3. The minimum atomic E-state index is -0.638. The molecule has 6 nitrogen and oxygen atoms in total. The van der Waals surface area contributed by atoms with Gasteiger partial charge in [0.2, 0.25) is 11.7 Å². The van der Waals surface area contributed by atoms with E-state index in [4.69, 9.17) is 9.26 Å². The molecule has 0 saturated heterocycles. The average Bonchev–Trinajstić information content (AvgIpc) is 3.01. The third-order valence-electron chi connectivity index (χ3n) is 3.46. The van der Waals surface area contributed by atoms with Crippen molar-refractivity contribution in [2.45, 2.75) is 39.2 Å². The lowest BCUT2D eigenvalue weighted by molar-refractivity contribution is -0.156. The van der Waals surface area contributed by atoms with Crippen LogP contribution in [0.4, 0.5) is 0 Å². The zero-order valence-corrected chi connectivity index (χ0v) is 14.1. The van der Waals surface area contributed by atoms with Crippen LogP contribution in [0.3, 0.4) is 0 Å². The SMILES string of the molecule is CC(C(=O)OC(C)(C)C)c1nc(-c2nccc3ccccc23)no1. The lowest BCUT2D eigenvalue weighted by Gasteiger charge is -2.20. The normalized spacial score (nSPS) is 13.0. The zero-order valence-electron chi connectivity index (χ0n) is 14.1. The highest BCUT2D eigenvalue weighted by atomic mass is 16.6. The maximum Gasteiger partial charge on any atom is 0.318 e. The van der Waals surface area contributed by atoms with E-state index in [1.165, 1.54) is 0 Å². The average molecular weight is 325 g/mol. The monoisotopic (exact) mass is 325 g/mol. The van der Waals surface area contributed by atoms with Gasteiger partial charge in [-0.15, -0.1) is 0 Å². The summed E-state index contributed by atoms with van der Waals surface area (Å²) in [5, 5.41) is 5.94. The molecule has 2 aromatic heterocycles. The standard InChI is InChI=1S/C18H19N3O3/c1-11(17(22)23-18(2,3)4)16-20-15(21-24-16)14-13-8-6-5-7-12(13)9-10-19-14/h5-11H,1-4H3. The number of hydrogen-bond donors (Lipinski definition) is 0. The fourth-order valence-corrected chi connectivity index (χ4v) is 2.30. The number of carbonyl (C=O) groups excluding carboxylic acids is 1. The third-order valence-corrected chi connectivity index (χ3v) is 3.46. The van der Waals surface area contributed by atoms with E-state index >= 15 is 0 Å². The number of nitrogens with zero attached hydrogens (tertiary/aromatic N) is 3. The van der Waals surface area contributed by atoms with E-state index in [0.29, 0.717) is 11.5 Å². The summed E-state index contributed by atoms with van der Waals surface area (Å²) in [5.41, 5.74) is 0.0604. The largest absolute Gasteiger partial charge is 0.459 e. The van der Waals surface area contributed by atoms with E-state index in [1.54, 1.807) is 13.1 Å². The molecule has 1 aromatic carbocycles. The first-order valence-corrected chi connectivity index (χ1v) is 7.76. The van der Waals surface area contributed by atoms with Crippen LogP contribution in [0, 0.1) is 0 Å². The second-order valence-corrected chi connectivity index (χ2v) is 6.59. The summed E-state index contributed by atoms with van der Waals surface area (Å²) >= 11 is 0. The van der Waals surface area contributed by atoms with Crippen molar-refractivity contribution >= 4 is 16.7 Å². The highest BCUT2D eigenvalue weighted by Crippen LogP contribution is 2.26. The maximum atomic E-state index is 12.2. The number of esters is 1. The lowest BCUT2D eigenvalue weighted by Crippen LogP contribution is -2.26. The topological polar surface area (TPSA) is 78.1 Å². The maximum absolute atomic E-state index is 12.2. The summed E-state index contributed by atoms with van der Waals surface area (Å²) in [6.45, 7) is 7.13. The van der Waals surface area contributed by atoms with Gasteiger partial charge < -0.3 is 9.26 Å². The van der Waals surface area contributed by atoms with E-state index in [1.807, 2.05) is 51.1 Å². The summed E-state index contributed by atoms with van der Waals surface area (Å²) in [4.78, 5) is 20.8. The van der Waals surface area contributed by atoms with Gasteiger partial charge in [-0.1, -0.05) is 29.4 Å². The number of carbonyl (C=O) groups is 1. The first-order chi connectivity index (χ1) is 11.3. The molecule has 124 valence electrons. The number of ether oxygens (including phenoxy) is 1. The molecule has 0 bridgehead atoms. The Morgan fingerprint density at radius 1 is 1.21 bits per heavy atom. The Labute approximate surface area is 139 Å². The predicted octanol–water partition coefficient (Wildman–Crippen LogP) is 3.73. The molecule has 0 amide bonds. The number of pyridine rings is 1. The molecule has 3 aromatic rings. The van der Waals surface area contributed by atoms with Crippen LogP contribution in [0.1, 0.15) is 39.5 Å². The fraction of sp³-hybridized carbons (Fsp3) is 0.333. The molecule has 0 saturated carbocycles. The van der Waals surface area contributed by atoms with E-state index < -0.39 is 17.5 Å². The summed E-state index contributed by atoms with van der Waals surface area (Å²) in [7, 11) is 0. The van der Waals surface area contributed by atoms with E-state index in [-0.39, 0.29) is 5.89 Å². The van der Waals surface area contributed by atoms with Crippen molar-refractivity contribution in [1.82, 2.24) is 15.1 Å². The second-order valence-electron chi connectivity index (χ2n) is 6.59. The van der Waals surface area contributed by atoms with Crippen LogP contribution >= 0.6 is 0 Å².